The van der Waals surface area contributed by atoms with Crippen molar-refractivity contribution in [2.75, 3.05) is 11.4 Å². The highest BCUT2D eigenvalue weighted by Gasteiger charge is 2.38. The molecule has 2 heterocycles. The van der Waals surface area contributed by atoms with E-state index >= 15 is 0 Å². The lowest BCUT2D eigenvalue weighted by atomic mass is 10.1. The number of benzene rings is 1. The molecule has 2 aromatic rings. The molecule has 0 bridgehead atoms. The first-order valence-electron chi connectivity index (χ1n) is 6.81. The van der Waals surface area contributed by atoms with Gasteiger partial charge in [-0.2, -0.15) is 0 Å². The van der Waals surface area contributed by atoms with Crippen molar-refractivity contribution in [2.45, 2.75) is 19.4 Å². The van der Waals surface area contributed by atoms with Crippen LogP contribution < -0.4 is 10.2 Å². The Morgan fingerprint density at radius 3 is 2.77 bits per heavy atom. The molecule has 1 saturated heterocycles. The molecule has 1 unspecified atom stereocenters. The van der Waals surface area contributed by atoms with Crippen molar-refractivity contribution in [2.24, 2.45) is 0 Å². The number of aryl methyl sites for hydroxylation is 1. The topological polar surface area (TPSA) is 75.4 Å². The second kappa shape index (κ2) is 5.59. The molecule has 1 fully saturated rings. The van der Waals surface area contributed by atoms with Gasteiger partial charge < -0.3 is 14.7 Å². The molecular formula is C15H14FN3O3. The Morgan fingerprint density at radius 1 is 1.45 bits per heavy atom. The second-order valence-corrected chi connectivity index (χ2v) is 5.15. The fourth-order valence-electron chi connectivity index (χ4n) is 2.30. The lowest BCUT2D eigenvalue weighted by molar-refractivity contribution is -0.130. The number of rotatable bonds is 4. The van der Waals surface area contributed by atoms with Gasteiger partial charge in [-0.15, -0.1) is 0 Å². The predicted octanol–water partition coefficient (Wildman–Crippen LogP) is 1.20. The van der Waals surface area contributed by atoms with Crippen LogP contribution in [-0.4, -0.2) is 29.6 Å². The zero-order valence-electron chi connectivity index (χ0n) is 11.9. The monoisotopic (exact) mass is 303 g/mol. The maximum absolute atomic E-state index is 12.9. The van der Waals surface area contributed by atoms with Crippen molar-refractivity contribution < 1.29 is 18.5 Å². The number of hydrogen-bond acceptors (Lipinski definition) is 4. The number of aromatic nitrogens is 1. The first kappa shape index (κ1) is 14.2. The van der Waals surface area contributed by atoms with Gasteiger partial charge in [0.25, 0.3) is 5.91 Å². The molecule has 1 atom stereocenters. The van der Waals surface area contributed by atoms with Crippen LogP contribution in [0.5, 0.6) is 0 Å². The lowest BCUT2D eigenvalue weighted by Crippen LogP contribution is -2.64. The number of nitrogens with zero attached hydrogens (tertiary/aromatic N) is 2. The van der Waals surface area contributed by atoms with Crippen molar-refractivity contribution >= 4 is 17.5 Å². The fourth-order valence-corrected chi connectivity index (χ4v) is 2.30. The molecule has 1 N–H and O–H groups in total. The smallest absolute Gasteiger partial charge is 0.251 e. The van der Waals surface area contributed by atoms with Crippen molar-refractivity contribution in [3.8, 4) is 0 Å². The van der Waals surface area contributed by atoms with E-state index in [2.05, 4.69) is 10.5 Å². The Labute approximate surface area is 125 Å². The van der Waals surface area contributed by atoms with Gasteiger partial charge >= 0.3 is 0 Å². The van der Waals surface area contributed by atoms with Crippen molar-refractivity contribution in [3.05, 3.63) is 47.6 Å². The minimum Gasteiger partial charge on any atom is -0.361 e. The van der Waals surface area contributed by atoms with E-state index in [0.29, 0.717) is 23.7 Å². The van der Waals surface area contributed by atoms with Crippen LogP contribution in [0.4, 0.5) is 10.1 Å². The summed E-state index contributed by atoms with van der Waals surface area (Å²) in [5.74, 6) is -0.226. The van der Waals surface area contributed by atoms with E-state index < -0.39 is 6.04 Å². The molecule has 3 rings (SSSR count). The van der Waals surface area contributed by atoms with Crippen LogP contribution in [0.15, 0.2) is 34.9 Å². The summed E-state index contributed by atoms with van der Waals surface area (Å²) in [6.45, 7) is 2.11. The van der Waals surface area contributed by atoms with Crippen LogP contribution >= 0.6 is 0 Å². The highest BCUT2D eigenvalue weighted by atomic mass is 19.1. The van der Waals surface area contributed by atoms with Crippen LogP contribution in [0.2, 0.25) is 0 Å². The molecule has 114 valence electrons. The molecule has 1 aliphatic rings. The summed E-state index contributed by atoms with van der Waals surface area (Å²) in [5, 5.41) is 6.38. The van der Waals surface area contributed by atoms with E-state index in [1.807, 2.05) is 0 Å². The molecule has 0 saturated carbocycles. The molecule has 2 amide bonds. The molecule has 0 radical (unpaired) electrons. The number of anilines is 1. The standard InChI is InChI=1S/C15H14FN3O3/c1-9-6-11(18-22-9)7-14(20)17-13-8-19(15(13)21)12-4-2-10(16)3-5-12/h2-6,13H,7-8H2,1H3,(H,17,20). The summed E-state index contributed by atoms with van der Waals surface area (Å²) in [7, 11) is 0. The number of halogens is 1. The second-order valence-electron chi connectivity index (χ2n) is 5.15. The molecule has 22 heavy (non-hydrogen) atoms. The predicted molar refractivity (Wildman–Crippen MR) is 75.6 cm³/mol. The zero-order valence-corrected chi connectivity index (χ0v) is 11.9. The van der Waals surface area contributed by atoms with Gasteiger partial charge in [0, 0.05) is 11.8 Å². The largest absolute Gasteiger partial charge is 0.361 e. The van der Waals surface area contributed by atoms with Gasteiger partial charge in [-0.3, -0.25) is 9.59 Å². The van der Waals surface area contributed by atoms with Crippen molar-refractivity contribution in [1.82, 2.24) is 10.5 Å². The SMILES string of the molecule is Cc1cc(CC(=O)NC2CN(c3ccc(F)cc3)C2=O)no1. The maximum Gasteiger partial charge on any atom is 0.251 e. The molecular weight excluding hydrogens is 289 g/mol. The van der Waals surface area contributed by atoms with Gasteiger partial charge in [-0.1, -0.05) is 5.16 Å². The summed E-state index contributed by atoms with van der Waals surface area (Å²) in [6.07, 6.45) is 0.0671. The minimum absolute atomic E-state index is 0.0671. The first-order chi connectivity index (χ1) is 10.5. The Kier molecular flexibility index (Phi) is 3.62. The Morgan fingerprint density at radius 2 is 2.18 bits per heavy atom. The highest BCUT2D eigenvalue weighted by Crippen LogP contribution is 2.22. The van der Waals surface area contributed by atoms with Crippen LogP contribution in [0.3, 0.4) is 0 Å². The van der Waals surface area contributed by atoms with Crippen LogP contribution in [0.1, 0.15) is 11.5 Å². The van der Waals surface area contributed by atoms with Gasteiger partial charge in [0.15, 0.2) is 0 Å². The normalized spacial score (nSPS) is 17.3. The van der Waals surface area contributed by atoms with Gasteiger partial charge in [-0.05, 0) is 31.2 Å². The summed E-state index contributed by atoms with van der Waals surface area (Å²) < 4.78 is 17.7. The van der Waals surface area contributed by atoms with Gasteiger partial charge in [0.1, 0.15) is 17.6 Å². The third kappa shape index (κ3) is 2.83. The number of carbonyl (C=O) groups is 2. The van der Waals surface area contributed by atoms with Crippen LogP contribution in [0.25, 0.3) is 0 Å². The maximum atomic E-state index is 12.9. The molecule has 6 nitrogen and oxygen atoms in total. The zero-order chi connectivity index (χ0) is 15.7. The number of nitrogens with one attached hydrogen (secondary N) is 1. The van der Waals surface area contributed by atoms with Crippen LogP contribution in [0, 0.1) is 12.7 Å². The fraction of sp³-hybridized carbons (Fsp3) is 0.267. The van der Waals surface area contributed by atoms with Crippen molar-refractivity contribution in [3.63, 3.8) is 0 Å². The third-order valence-electron chi connectivity index (χ3n) is 3.42. The number of β-lactam (4-membered cyclic amide) rings is 1. The van der Waals surface area contributed by atoms with E-state index in [4.69, 9.17) is 4.52 Å². The Hall–Kier alpha value is -2.70. The molecule has 7 heteroatoms. The average molecular weight is 303 g/mol. The minimum atomic E-state index is -0.550. The quantitative estimate of drug-likeness (QED) is 0.861. The molecule has 1 aromatic carbocycles. The van der Waals surface area contributed by atoms with E-state index in [0.717, 1.165) is 0 Å². The highest BCUT2D eigenvalue weighted by molar-refractivity contribution is 6.05. The van der Waals surface area contributed by atoms with Crippen molar-refractivity contribution in [1.29, 1.82) is 0 Å². The lowest BCUT2D eigenvalue weighted by Gasteiger charge is -2.38. The van der Waals surface area contributed by atoms with E-state index in [-0.39, 0.29) is 24.1 Å². The molecule has 0 spiro atoms. The first-order valence-corrected chi connectivity index (χ1v) is 6.81. The molecule has 1 aromatic heterocycles. The summed E-state index contributed by atoms with van der Waals surface area (Å²) in [4.78, 5) is 25.4. The molecule has 1 aliphatic heterocycles. The number of hydrogen-bond donors (Lipinski definition) is 1. The van der Waals surface area contributed by atoms with Gasteiger partial charge in [-0.25, -0.2) is 4.39 Å². The van der Waals surface area contributed by atoms with Gasteiger partial charge in [0.05, 0.1) is 18.7 Å². The van der Waals surface area contributed by atoms with E-state index in [1.54, 1.807) is 13.0 Å². The summed E-state index contributed by atoms with van der Waals surface area (Å²) >= 11 is 0. The number of amides is 2. The van der Waals surface area contributed by atoms with E-state index in [9.17, 15) is 14.0 Å². The Bertz CT molecular complexity index is 711. The molecule has 0 aliphatic carbocycles. The van der Waals surface area contributed by atoms with Crippen LogP contribution in [-0.2, 0) is 16.0 Å². The van der Waals surface area contributed by atoms with E-state index in [1.165, 1.54) is 29.2 Å². The average Bonchev–Trinajstić information content (AvgIpc) is 2.89. The van der Waals surface area contributed by atoms with Gasteiger partial charge in [0.2, 0.25) is 5.91 Å². The summed E-state index contributed by atoms with van der Waals surface area (Å²) in [5.41, 5.74) is 1.14. The summed E-state index contributed by atoms with van der Waals surface area (Å²) in [6, 6.07) is 6.77. The third-order valence-corrected chi connectivity index (χ3v) is 3.42. The number of carbonyl (C=O) groups excluding carboxylic acids is 2. The Balaban J connectivity index is 1.54.